The zero-order valence-electron chi connectivity index (χ0n) is 12.1. The molecule has 0 atom stereocenters. The van der Waals surface area contributed by atoms with Crippen molar-refractivity contribution < 1.29 is 13.9 Å². The molecule has 1 N–H and O–H groups in total. The Kier molecular flexibility index (Phi) is 4.12. The molecule has 2 heterocycles. The van der Waals surface area contributed by atoms with Crippen LogP contribution in [0.25, 0.3) is 5.65 Å². The second-order valence-corrected chi connectivity index (χ2v) is 5.00. The summed E-state index contributed by atoms with van der Waals surface area (Å²) in [5.74, 6) is -0.657. The Morgan fingerprint density at radius 2 is 2.26 bits per heavy atom. The van der Waals surface area contributed by atoms with Gasteiger partial charge in [-0.2, -0.15) is 9.61 Å². The van der Waals surface area contributed by atoms with Crippen LogP contribution in [0, 0.1) is 5.82 Å². The van der Waals surface area contributed by atoms with Gasteiger partial charge in [0.2, 0.25) is 0 Å². The molecule has 118 valence electrons. The lowest BCUT2D eigenvalue weighted by Crippen LogP contribution is -2.13. The molecule has 0 aliphatic carbocycles. The number of aromatic nitrogens is 3. The largest absolute Gasteiger partial charge is 0.462 e. The Hall–Kier alpha value is -2.67. The summed E-state index contributed by atoms with van der Waals surface area (Å²) in [6.07, 6.45) is 2.95. The fourth-order valence-electron chi connectivity index (χ4n) is 2.07. The Morgan fingerprint density at radius 3 is 3.00 bits per heavy atom. The number of anilines is 2. The Labute approximate surface area is 135 Å². The van der Waals surface area contributed by atoms with E-state index in [4.69, 9.17) is 16.3 Å². The van der Waals surface area contributed by atoms with E-state index in [2.05, 4.69) is 15.4 Å². The quantitative estimate of drug-likeness (QED) is 0.740. The third-order valence-electron chi connectivity index (χ3n) is 3.10. The number of benzene rings is 1. The van der Waals surface area contributed by atoms with Gasteiger partial charge >= 0.3 is 5.97 Å². The number of fused-ring (bicyclic) bond motifs is 1. The fraction of sp³-hybridized carbons (Fsp3) is 0.133. The third-order valence-corrected chi connectivity index (χ3v) is 3.41. The van der Waals surface area contributed by atoms with E-state index in [1.807, 2.05) is 0 Å². The Balaban J connectivity index is 2.11. The summed E-state index contributed by atoms with van der Waals surface area (Å²) in [6, 6.07) is 5.60. The minimum atomic E-state index is -0.543. The predicted octanol–water partition coefficient (Wildman–Crippen LogP) is 3.44. The topological polar surface area (TPSA) is 68.5 Å². The van der Waals surface area contributed by atoms with Gasteiger partial charge in [0.15, 0.2) is 11.5 Å². The highest BCUT2D eigenvalue weighted by Crippen LogP contribution is 2.28. The summed E-state index contributed by atoms with van der Waals surface area (Å²) in [6.45, 7) is 1.94. The molecule has 0 amide bonds. The van der Waals surface area contributed by atoms with Crippen LogP contribution in [-0.2, 0) is 4.74 Å². The van der Waals surface area contributed by atoms with E-state index < -0.39 is 11.8 Å². The molecule has 0 aliphatic heterocycles. The summed E-state index contributed by atoms with van der Waals surface area (Å²) in [5.41, 5.74) is 1.17. The molecule has 3 aromatic rings. The lowest BCUT2D eigenvalue weighted by molar-refractivity contribution is 0.0526. The maximum absolute atomic E-state index is 13.2. The molecule has 0 aliphatic rings. The van der Waals surface area contributed by atoms with Crippen LogP contribution >= 0.6 is 11.6 Å². The number of nitrogens with zero attached hydrogens (tertiary/aromatic N) is 3. The molecule has 0 spiro atoms. The first-order valence-corrected chi connectivity index (χ1v) is 7.20. The molecule has 0 radical (unpaired) electrons. The second kappa shape index (κ2) is 6.21. The predicted molar refractivity (Wildman–Crippen MR) is 83.6 cm³/mol. The number of ether oxygens (including phenoxy) is 1. The molecular formula is C15H12ClFN4O2. The minimum Gasteiger partial charge on any atom is -0.462 e. The standard InChI is InChI=1S/C15H12ClFN4O2/c1-2-23-15(22)10-8-18-13-5-6-19-21(13)14(10)20-12-4-3-9(17)7-11(12)16/h3-8,20H,2H2,1H3. The van der Waals surface area contributed by atoms with Gasteiger partial charge in [0.25, 0.3) is 0 Å². The van der Waals surface area contributed by atoms with Crippen LogP contribution in [0.15, 0.2) is 36.7 Å². The second-order valence-electron chi connectivity index (χ2n) is 4.59. The van der Waals surface area contributed by atoms with Gasteiger partial charge in [-0.1, -0.05) is 11.6 Å². The van der Waals surface area contributed by atoms with E-state index in [0.717, 1.165) is 0 Å². The van der Waals surface area contributed by atoms with Crippen molar-refractivity contribution in [3.8, 4) is 0 Å². The minimum absolute atomic E-state index is 0.178. The van der Waals surface area contributed by atoms with Crippen molar-refractivity contribution >= 4 is 34.7 Å². The monoisotopic (exact) mass is 334 g/mol. The molecule has 8 heteroatoms. The number of nitrogens with one attached hydrogen (secondary N) is 1. The van der Waals surface area contributed by atoms with Gasteiger partial charge in [-0.05, 0) is 25.1 Å². The lowest BCUT2D eigenvalue weighted by atomic mass is 10.2. The van der Waals surface area contributed by atoms with Crippen molar-refractivity contribution in [2.45, 2.75) is 6.92 Å². The molecule has 1 aromatic carbocycles. The number of rotatable bonds is 4. The number of halogens is 2. The van der Waals surface area contributed by atoms with Crippen LogP contribution in [0.2, 0.25) is 5.02 Å². The van der Waals surface area contributed by atoms with Crippen LogP contribution in [0.5, 0.6) is 0 Å². The molecular weight excluding hydrogens is 323 g/mol. The first-order valence-electron chi connectivity index (χ1n) is 6.82. The number of hydrogen-bond donors (Lipinski definition) is 1. The van der Waals surface area contributed by atoms with E-state index in [1.54, 1.807) is 19.2 Å². The van der Waals surface area contributed by atoms with Crippen LogP contribution in [0.4, 0.5) is 15.9 Å². The average molecular weight is 335 g/mol. The van der Waals surface area contributed by atoms with Gasteiger partial charge < -0.3 is 10.1 Å². The number of hydrogen-bond acceptors (Lipinski definition) is 5. The highest BCUT2D eigenvalue weighted by Gasteiger charge is 2.18. The maximum Gasteiger partial charge on any atom is 0.343 e. The van der Waals surface area contributed by atoms with Gasteiger partial charge in [0.05, 0.1) is 23.5 Å². The molecule has 0 unspecified atom stereocenters. The zero-order chi connectivity index (χ0) is 16.4. The van der Waals surface area contributed by atoms with Crippen LogP contribution < -0.4 is 5.32 Å². The van der Waals surface area contributed by atoms with Crippen LogP contribution in [0.3, 0.4) is 0 Å². The van der Waals surface area contributed by atoms with E-state index in [9.17, 15) is 9.18 Å². The van der Waals surface area contributed by atoms with Gasteiger partial charge in [0.1, 0.15) is 11.4 Å². The van der Waals surface area contributed by atoms with E-state index in [1.165, 1.54) is 28.9 Å². The van der Waals surface area contributed by atoms with E-state index in [0.29, 0.717) is 17.2 Å². The molecule has 23 heavy (non-hydrogen) atoms. The molecule has 6 nitrogen and oxygen atoms in total. The zero-order valence-corrected chi connectivity index (χ0v) is 12.8. The van der Waals surface area contributed by atoms with Gasteiger partial charge in [-0.15, -0.1) is 0 Å². The Morgan fingerprint density at radius 1 is 1.43 bits per heavy atom. The van der Waals surface area contributed by atoms with Crippen molar-refractivity contribution in [2.24, 2.45) is 0 Å². The number of esters is 1. The summed E-state index contributed by atoms with van der Waals surface area (Å²) in [4.78, 5) is 16.3. The maximum atomic E-state index is 13.2. The van der Waals surface area contributed by atoms with Crippen molar-refractivity contribution in [3.05, 3.63) is 53.1 Å². The molecule has 3 rings (SSSR count). The van der Waals surface area contributed by atoms with Crippen LogP contribution in [0.1, 0.15) is 17.3 Å². The molecule has 0 fully saturated rings. The van der Waals surface area contributed by atoms with Gasteiger partial charge in [-0.25, -0.2) is 14.2 Å². The number of carbonyl (C=O) groups is 1. The summed E-state index contributed by atoms with van der Waals surface area (Å²) < 4.78 is 19.7. The highest BCUT2D eigenvalue weighted by atomic mass is 35.5. The SMILES string of the molecule is CCOC(=O)c1cnc2ccnn2c1Nc1ccc(F)cc1Cl. The normalized spacial score (nSPS) is 10.7. The average Bonchev–Trinajstić information content (AvgIpc) is 2.99. The van der Waals surface area contributed by atoms with Gasteiger partial charge in [0, 0.05) is 12.3 Å². The third kappa shape index (κ3) is 2.95. The highest BCUT2D eigenvalue weighted by molar-refractivity contribution is 6.33. The molecule has 0 saturated heterocycles. The van der Waals surface area contributed by atoms with Crippen molar-refractivity contribution in [1.82, 2.24) is 14.6 Å². The van der Waals surface area contributed by atoms with Crippen molar-refractivity contribution in [1.29, 1.82) is 0 Å². The lowest BCUT2D eigenvalue weighted by Gasteiger charge is -2.13. The first kappa shape index (κ1) is 15.2. The summed E-state index contributed by atoms with van der Waals surface area (Å²) in [7, 11) is 0. The van der Waals surface area contributed by atoms with Crippen molar-refractivity contribution in [3.63, 3.8) is 0 Å². The fourth-order valence-corrected chi connectivity index (χ4v) is 2.28. The van der Waals surface area contributed by atoms with Gasteiger partial charge in [-0.3, -0.25) is 0 Å². The summed E-state index contributed by atoms with van der Waals surface area (Å²) >= 11 is 6.03. The van der Waals surface area contributed by atoms with Crippen molar-refractivity contribution in [2.75, 3.05) is 11.9 Å². The smallest absolute Gasteiger partial charge is 0.343 e. The molecule has 0 bridgehead atoms. The first-order chi connectivity index (χ1) is 11.1. The van der Waals surface area contributed by atoms with Crippen LogP contribution in [-0.4, -0.2) is 27.2 Å². The van der Waals surface area contributed by atoms with E-state index in [-0.39, 0.29) is 17.2 Å². The molecule has 0 saturated carbocycles. The number of carbonyl (C=O) groups excluding carboxylic acids is 1. The van der Waals surface area contributed by atoms with E-state index >= 15 is 0 Å². The summed E-state index contributed by atoms with van der Waals surface area (Å²) in [5, 5.41) is 7.31. The molecule has 2 aromatic heterocycles. The Bertz CT molecular complexity index is 881.